The topological polar surface area (TPSA) is 23.5 Å². The number of nitrogens with zero attached hydrogens (tertiary/aromatic N) is 1. The molecule has 0 spiro atoms. The van der Waals surface area contributed by atoms with Crippen LogP contribution in [0.25, 0.3) is 0 Å². The molecule has 0 aromatic rings. The number of rotatable bonds is 12. The Morgan fingerprint density at radius 1 is 0.947 bits per heavy atom. The lowest BCUT2D eigenvalue weighted by atomic mass is 9.99. The molecule has 0 bridgehead atoms. The maximum Gasteiger partial charge on any atom is 0.0459 e. The fourth-order valence-electron chi connectivity index (χ4n) is 2.33. The third-order valence-corrected chi connectivity index (χ3v) is 5.34. The Labute approximate surface area is 123 Å². The highest BCUT2D eigenvalue weighted by atomic mass is 32.3. The second-order valence-corrected chi connectivity index (χ2v) is 11.1. The van der Waals surface area contributed by atoms with Crippen molar-refractivity contribution in [3.8, 4) is 0 Å². The van der Waals surface area contributed by atoms with Gasteiger partial charge in [0.05, 0.1) is 0 Å². The quantitative estimate of drug-likeness (QED) is 0.556. The van der Waals surface area contributed by atoms with E-state index >= 15 is 0 Å². The van der Waals surface area contributed by atoms with E-state index in [0.717, 1.165) is 0 Å². The van der Waals surface area contributed by atoms with E-state index < -0.39 is 10.0 Å². The summed E-state index contributed by atoms with van der Waals surface area (Å²) in [6.45, 7) is 8.43. The predicted molar refractivity (Wildman–Crippen MR) is 91.7 cm³/mol. The molecule has 0 aromatic carbocycles. The Bertz CT molecular complexity index is 199. The number of hydrogen-bond donors (Lipinski definition) is 1. The van der Waals surface area contributed by atoms with Crippen molar-refractivity contribution < 1.29 is 5.11 Å². The van der Waals surface area contributed by atoms with Crippen LogP contribution in [0.4, 0.5) is 0 Å². The van der Waals surface area contributed by atoms with Crippen LogP contribution in [0.3, 0.4) is 0 Å². The van der Waals surface area contributed by atoms with Crippen LogP contribution in [0.1, 0.15) is 46.0 Å². The van der Waals surface area contributed by atoms with E-state index in [0.29, 0.717) is 12.5 Å². The smallest absolute Gasteiger partial charge is 0.0459 e. The standard InChI is InChI=1S/C16H37NOS/c1-6-17(7-2)13-10-8-9-11-16(15-18)12-14-19(3,4)5/h16,18H,6-15H2,1-5H3. The highest BCUT2D eigenvalue weighted by molar-refractivity contribution is 8.32. The lowest BCUT2D eigenvalue weighted by molar-refractivity contribution is 0.211. The Kier molecular flexibility index (Phi) is 11.1. The second kappa shape index (κ2) is 11.0. The number of hydrogen-bond acceptors (Lipinski definition) is 2. The first kappa shape index (κ1) is 19.3. The highest BCUT2D eigenvalue weighted by Gasteiger charge is 2.11. The van der Waals surface area contributed by atoms with Gasteiger partial charge in [-0.15, -0.1) is 0 Å². The van der Waals surface area contributed by atoms with Crippen LogP contribution in [0.2, 0.25) is 0 Å². The first-order chi connectivity index (χ1) is 8.92. The van der Waals surface area contributed by atoms with Gasteiger partial charge >= 0.3 is 0 Å². The van der Waals surface area contributed by atoms with Gasteiger partial charge in [-0.25, -0.2) is 10.0 Å². The Hall–Kier alpha value is 0.270. The van der Waals surface area contributed by atoms with E-state index in [1.807, 2.05) is 0 Å². The zero-order valence-electron chi connectivity index (χ0n) is 14.0. The molecule has 0 radical (unpaired) electrons. The van der Waals surface area contributed by atoms with Crippen LogP contribution in [0.5, 0.6) is 0 Å². The molecule has 1 atom stereocenters. The molecule has 0 aliphatic carbocycles. The zero-order valence-corrected chi connectivity index (χ0v) is 14.8. The normalized spacial score (nSPS) is 14.9. The molecule has 0 aromatic heterocycles. The summed E-state index contributed by atoms with van der Waals surface area (Å²) < 4.78 is 0. The Balaban J connectivity index is 3.61. The maximum absolute atomic E-state index is 9.44. The molecular weight excluding hydrogens is 254 g/mol. The minimum absolute atomic E-state index is 0.381. The van der Waals surface area contributed by atoms with Gasteiger partial charge in [-0.2, -0.15) is 0 Å². The van der Waals surface area contributed by atoms with Crippen molar-refractivity contribution in [2.45, 2.75) is 46.0 Å². The second-order valence-electron chi connectivity index (χ2n) is 6.51. The van der Waals surface area contributed by atoms with Crippen molar-refractivity contribution in [2.75, 3.05) is 50.8 Å². The van der Waals surface area contributed by atoms with E-state index in [1.165, 1.54) is 57.5 Å². The Morgan fingerprint density at radius 2 is 1.58 bits per heavy atom. The van der Waals surface area contributed by atoms with E-state index in [-0.39, 0.29) is 0 Å². The van der Waals surface area contributed by atoms with Gasteiger partial charge in [-0.3, -0.25) is 0 Å². The Morgan fingerprint density at radius 3 is 2.05 bits per heavy atom. The molecule has 2 nitrogen and oxygen atoms in total. The molecule has 0 aliphatic rings. The summed E-state index contributed by atoms with van der Waals surface area (Å²) in [4.78, 5) is 2.49. The van der Waals surface area contributed by atoms with Gasteiger partial charge in [0, 0.05) is 6.61 Å². The molecule has 118 valence electrons. The van der Waals surface area contributed by atoms with Crippen LogP contribution >= 0.6 is 10.0 Å². The minimum Gasteiger partial charge on any atom is -0.396 e. The van der Waals surface area contributed by atoms with Gasteiger partial charge in [0.25, 0.3) is 0 Å². The lowest BCUT2D eigenvalue weighted by Crippen LogP contribution is -2.23. The first-order valence-corrected chi connectivity index (χ1v) is 10.9. The molecule has 0 heterocycles. The third kappa shape index (κ3) is 11.8. The fraction of sp³-hybridized carbons (Fsp3) is 1.00. The summed E-state index contributed by atoms with van der Waals surface area (Å²) in [6.07, 6.45) is 13.4. The number of aliphatic hydroxyl groups excluding tert-OH is 1. The van der Waals surface area contributed by atoms with Gasteiger partial charge in [-0.05, 0) is 69.3 Å². The lowest BCUT2D eigenvalue weighted by Gasteiger charge is -2.27. The molecule has 1 N–H and O–H groups in total. The van der Waals surface area contributed by atoms with Crippen molar-refractivity contribution in [3.63, 3.8) is 0 Å². The molecule has 0 rings (SSSR count). The van der Waals surface area contributed by atoms with E-state index in [4.69, 9.17) is 0 Å². The van der Waals surface area contributed by atoms with Crippen molar-refractivity contribution in [3.05, 3.63) is 0 Å². The fourth-order valence-corrected chi connectivity index (χ4v) is 3.37. The van der Waals surface area contributed by atoms with Gasteiger partial charge in [0.15, 0.2) is 0 Å². The molecule has 0 saturated carbocycles. The van der Waals surface area contributed by atoms with Crippen LogP contribution in [0, 0.1) is 5.92 Å². The van der Waals surface area contributed by atoms with Crippen molar-refractivity contribution in [1.82, 2.24) is 4.90 Å². The average Bonchev–Trinajstić information content (AvgIpc) is 2.36. The average molecular weight is 292 g/mol. The van der Waals surface area contributed by atoms with Gasteiger partial charge in [0.1, 0.15) is 0 Å². The zero-order chi connectivity index (χ0) is 14.7. The largest absolute Gasteiger partial charge is 0.396 e. The molecule has 19 heavy (non-hydrogen) atoms. The predicted octanol–water partition coefficient (Wildman–Crippen LogP) is 3.58. The molecule has 0 amide bonds. The van der Waals surface area contributed by atoms with Crippen LogP contribution < -0.4 is 0 Å². The summed E-state index contributed by atoms with van der Waals surface area (Å²) in [5.74, 6) is 1.85. The van der Waals surface area contributed by atoms with Crippen molar-refractivity contribution in [2.24, 2.45) is 5.92 Å². The minimum atomic E-state index is -0.400. The maximum atomic E-state index is 9.44. The summed E-state index contributed by atoms with van der Waals surface area (Å²) in [5.41, 5.74) is 0. The van der Waals surface area contributed by atoms with Crippen molar-refractivity contribution >= 4 is 10.0 Å². The number of aliphatic hydroxyl groups is 1. The number of unbranched alkanes of at least 4 members (excludes halogenated alkanes) is 2. The molecule has 0 saturated heterocycles. The van der Waals surface area contributed by atoms with Crippen LogP contribution in [-0.2, 0) is 0 Å². The van der Waals surface area contributed by atoms with Gasteiger partial charge < -0.3 is 10.0 Å². The highest BCUT2D eigenvalue weighted by Crippen LogP contribution is 2.36. The molecule has 0 aliphatic heterocycles. The van der Waals surface area contributed by atoms with Gasteiger partial charge in [-0.1, -0.05) is 26.7 Å². The summed E-state index contributed by atoms with van der Waals surface area (Å²) in [6, 6.07) is 0. The van der Waals surface area contributed by atoms with E-state index in [1.54, 1.807) is 0 Å². The first-order valence-electron chi connectivity index (χ1n) is 7.92. The van der Waals surface area contributed by atoms with Gasteiger partial charge in [0.2, 0.25) is 0 Å². The summed E-state index contributed by atoms with van der Waals surface area (Å²) in [7, 11) is -0.400. The van der Waals surface area contributed by atoms with E-state index in [2.05, 4.69) is 37.5 Å². The monoisotopic (exact) mass is 291 g/mol. The van der Waals surface area contributed by atoms with E-state index in [9.17, 15) is 5.11 Å². The molecule has 3 heteroatoms. The molecule has 0 fully saturated rings. The SMILES string of the molecule is CCN(CC)CCCCCC(CO)CCS(C)(C)C. The third-order valence-electron chi connectivity index (χ3n) is 3.88. The van der Waals surface area contributed by atoms with Crippen LogP contribution in [-0.4, -0.2) is 60.8 Å². The summed E-state index contributed by atoms with van der Waals surface area (Å²) in [5, 5.41) is 9.44. The van der Waals surface area contributed by atoms with Crippen molar-refractivity contribution in [1.29, 1.82) is 0 Å². The van der Waals surface area contributed by atoms with Crippen LogP contribution in [0.15, 0.2) is 0 Å². The summed E-state index contributed by atoms with van der Waals surface area (Å²) >= 11 is 0. The molecular formula is C16H37NOS. The molecule has 1 unspecified atom stereocenters.